The molecule has 0 bridgehead atoms. The first-order chi connectivity index (χ1) is 14.7. The summed E-state index contributed by atoms with van der Waals surface area (Å²) in [5.74, 6) is 2.30. The summed E-state index contributed by atoms with van der Waals surface area (Å²) < 4.78 is 24.1. The molecular weight excluding hydrogens is 388 g/mol. The number of nitrogens with zero attached hydrogens (tertiary/aromatic N) is 4. The lowest BCUT2D eigenvalue weighted by atomic mass is 10.1. The maximum atomic E-state index is 12.0. The van der Waals surface area contributed by atoms with E-state index in [-0.39, 0.29) is 11.7 Å². The Hall–Kier alpha value is -4.14. The van der Waals surface area contributed by atoms with Crippen LogP contribution in [0.4, 0.5) is 0 Å². The zero-order valence-corrected chi connectivity index (χ0v) is 15.9. The Morgan fingerprint density at radius 2 is 2.00 bits per heavy atom. The summed E-state index contributed by atoms with van der Waals surface area (Å²) in [4.78, 5) is 24.6. The van der Waals surface area contributed by atoms with Crippen molar-refractivity contribution in [3.63, 3.8) is 0 Å². The summed E-state index contributed by atoms with van der Waals surface area (Å²) in [6, 6.07) is 10.2. The van der Waals surface area contributed by atoms with Gasteiger partial charge in [-0.25, -0.2) is 15.0 Å². The minimum absolute atomic E-state index is 0.190. The smallest absolute Gasteiger partial charge is 0.258 e. The summed E-state index contributed by atoms with van der Waals surface area (Å²) in [7, 11) is 1.56. The zero-order valence-electron chi connectivity index (χ0n) is 15.9. The predicted molar refractivity (Wildman–Crippen MR) is 105 cm³/mol. The maximum Gasteiger partial charge on any atom is 0.258 e. The molecule has 0 amide bonds. The van der Waals surface area contributed by atoms with Crippen LogP contribution in [0.5, 0.6) is 29.0 Å². The highest BCUT2D eigenvalue weighted by Gasteiger charge is 2.25. The van der Waals surface area contributed by atoms with Crippen molar-refractivity contribution in [3.05, 3.63) is 77.1 Å². The largest absolute Gasteiger partial charge is 0.484 e. The number of aromatic nitrogens is 4. The Kier molecular flexibility index (Phi) is 4.40. The normalized spacial score (nSPS) is 15.0. The molecule has 0 aliphatic carbocycles. The van der Waals surface area contributed by atoms with Gasteiger partial charge in [-0.15, -0.1) is 0 Å². The average molecular weight is 404 g/mol. The van der Waals surface area contributed by atoms with Gasteiger partial charge in [-0.1, -0.05) is 0 Å². The summed E-state index contributed by atoms with van der Waals surface area (Å²) in [6.45, 7) is 0.309. The first kappa shape index (κ1) is 17.9. The minimum atomic E-state index is -0.324. The van der Waals surface area contributed by atoms with Crippen LogP contribution < -0.4 is 24.5 Å². The molecule has 0 spiro atoms. The Balaban J connectivity index is 1.35. The van der Waals surface area contributed by atoms with E-state index in [9.17, 15) is 4.79 Å². The second kappa shape index (κ2) is 7.36. The second-order valence-electron chi connectivity index (χ2n) is 6.50. The molecule has 0 saturated carbocycles. The van der Waals surface area contributed by atoms with Crippen LogP contribution in [0, 0.1) is 0 Å². The van der Waals surface area contributed by atoms with E-state index in [0.29, 0.717) is 41.3 Å². The molecule has 150 valence electrons. The van der Waals surface area contributed by atoms with Gasteiger partial charge in [0.05, 0.1) is 19.5 Å². The minimum Gasteiger partial charge on any atom is -0.484 e. The topological polar surface area (TPSA) is 97.1 Å². The van der Waals surface area contributed by atoms with Gasteiger partial charge in [-0.2, -0.15) is 0 Å². The van der Waals surface area contributed by atoms with Crippen LogP contribution in [0.15, 0.2) is 66.0 Å². The quantitative estimate of drug-likeness (QED) is 0.512. The maximum absolute atomic E-state index is 12.0. The number of rotatable bonds is 4. The molecule has 0 radical (unpaired) electrons. The highest BCUT2D eigenvalue weighted by Crippen LogP contribution is 2.37. The van der Waals surface area contributed by atoms with E-state index in [4.69, 9.17) is 18.9 Å². The lowest BCUT2D eigenvalue weighted by molar-refractivity contribution is 0.0844. The number of ether oxygens (including phenoxy) is 4. The molecule has 4 aromatic rings. The van der Waals surface area contributed by atoms with Crippen LogP contribution in [-0.4, -0.2) is 33.1 Å². The molecule has 9 heteroatoms. The molecule has 0 unspecified atom stereocenters. The van der Waals surface area contributed by atoms with Crippen LogP contribution in [0.1, 0.15) is 11.7 Å². The molecule has 4 aromatic heterocycles. The third-order valence-corrected chi connectivity index (χ3v) is 4.57. The fraction of sp³-hybridized carbons (Fsp3) is 0.143. The number of methoxy groups -OCH3 is 1. The molecule has 30 heavy (non-hydrogen) atoms. The van der Waals surface area contributed by atoms with Gasteiger partial charge in [0.2, 0.25) is 5.88 Å². The first-order valence-corrected chi connectivity index (χ1v) is 9.14. The Morgan fingerprint density at radius 1 is 1.07 bits per heavy atom. The fourth-order valence-electron chi connectivity index (χ4n) is 3.07. The monoisotopic (exact) mass is 404 g/mol. The molecule has 0 N–H and O–H groups in total. The van der Waals surface area contributed by atoms with Crippen LogP contribution in [-0.2, 0) is 0 Å². The summed E-state index contributed by atoms with van der Waals surface area (Å²) in [6.07, 6.45) is 5.95. The molecule has 1 aliphatic rings. The van der Waals surface area contributed by atoms with Gasteiger partial charge in [-0.05, 0) is 18.2 Å². The van der Waals surface area contributed by atoms with Gasteiger partial charge < -0.3 is 18.9 Å². The fourth-order valence-corrected chi connectivity index (χ4v) is 3.07. The van der Waals surface area contributed by atoms with Crippen LogP contribution >= 0.6 is 0 Å². The third-order valence-electron chi connectivity index (χ3n) is 4.57. The zero-order chi connectivity index (χ0) is 20.5. The predicted octanol–water partition coefficient (Wildman–Crippen LogP) is 2.80. The highest BCUT2D eigenvalue weighted by molar-refractivity contribution is 5.45. The molecular formula is C21H16N4O5. The van der Waals surface area contributed by atoms with Crippen molar-refractivity contribution in [2.45, 2.75) is 6.10 Å². The Labute approximate surface area is 170 Å². The van der Waals surface area contributed by atoms with Gasteiger partial charge in [0, 0.05) is 36.2 Å². The van der Waals surface area contributed by atoms with Crippen molar-refractivity contribution in [1.29, 1.82) is 0 Å². The first-order valence-electron chi connectivity index (χ1n) is 9.14. The van der Waals surface area contributed by atoms with E-state index in [0.717, 1.165) is 5.56 Å². The standard InChI is InChI=1S/C21H16N4O5/c1-27-19-5-2-13(9-23-19)17-12-28-16-8-15(10-24-21(16)30-17)29-14-3-4-18-22-7-6-20(26)25(18)11-14/h2-11,17H,12H2,1H3/t17-/m0/s1. The molecule has 0 saturated heterocycles. The molecule has 5 rings (SSSR count). The van der Waals surface area contributed by atoms with E-state index < -0.39 is 0 Å². The van der Waals surface area contributed by atoms with E-state index in [1.165, 1.54) is 22.9 Å². The number of pyridine rings is 3. The third kappa shape index (κ3) is 3.37. The van der Waals surface area contributed by atoms with Crippen molar-refractivity contribution in [2.24, 2.45) is 0 Å². The number of hydrogen-bond acceptors (Lipinski definition) is 8. The van der Waals surface area contributed by atoms with E-state index in [2.05, 4.69) is 15.0 Å². The number of hydrogen-bond donors (Lipinski definition) is 0. The summed E-state index contributed by atoms with van der Waals surface area (Å²) in [5.41, 5.74) is 1.21. The lowest BCUT2D eigenvalue weighted by Crippen LogP contribution is -2.22. The Morgan fingerprint density at radius 3 is 2.83 bits per heavy atom. The lowest BCUT2D eigenvalue weighted by Gasteiger charge is -2.25. The van der Waals surface area contributed by atoms with E-state index in [1.54, 1.807) is 43.8 Å². The SMILES string of the molecule is COc1ccc([C@@H]2COc3cc(Oc4ccc5nccc(=O)n5c4)cnc3O2)cn1. The number of fused-ring (bicyclic) bond motifs is 2. The highest BCUT2D eigenvalue weighted by atomic mass is 16.6. The molecule has 0 aromatic carbocycles. The average Bonchev–Trinajstić information content (AvgIpc) is 2.79. The molecule has 9 nitrogen and oxygen atoms in total. The van der Waals surface area contributed by atoms with E-state index in [1.807, 2.05) is 6.07 Å². The molecule has 5 heterocycles. The van der Waals surface area contributed by atoms with Gasteiger partial charge in [-0.3, -0.25) is 9.20 Å². The summed E-state index contributed by atoms with van der Waals surface area (Å²) in [5, 5.41) is 0. The van der Waals surface area contributed by atoms with E-state index >= 15 is 0 Å². The van der Waals surface area contributed by atoms with Crippen molar-refractivity contribution < 1.29 is 18.9 Å². The molecule has 1 atom stereocenters. The van der Waals surface area contributed by atoms with Crippen molar-refractivity contribution in [1.82, 2.24) is 19.4 Å². The van der Waals surface area contributed by atoms with Crippen LogP contribution in [0.25, 0.3) is 5.65 Å². The second-order valence-corrected chi connectivity index (χ2v) is 6.50. The van der Waals surface area contributed by atoms with Crippen molar-refractivity contribution >= 4 is 5.65 Å². The van der Waals surface area contributed by atoms with Crippen LogP contribution in [0.3, 0.4) is 0 Å². The van der Waals surface area contributed by atoms with Gasteiger partial charge in [0.25, 0.3) is 11.4 Å². The van der Waals surface area contributed by atoms with Crippen LogP contribution in [0.2, 0.25) is 0 Å². The summed E-state index contributed by atoms with van der Waals surface area (Å²) >= 11 is 0. The molecule has 0 fully saturated rings. The van der Waals surface area contributed by atoms with Crippen molar-refractivity contribution in [2.75, 3.05) is 13.7 Å². The van der Waals surface area contributed by atoms with Gasteiger partial charge in [0.1, 0.15) is 23.8 Å². The van der Waals surface area contributed by atoms with Crippen molar-refractivity contribution in [3.8, 4) is 29.0 Å². The van der Waals surface area contributed by atoms with Gasteiger partial charge in [0.15, 0.2) is 11.9 Å². The molecule has 1 aliphatic heterocycles. The Bertz CT molecular complexity index is 1270. The van der Waals surface area contributed by atoms with Gasteiger partial charge >= 0.3 is 0 Å².